The average Bonchev–Trinajstić information content (AvgIpc) is 2.88. The smallest absolute Gasteiger partial charge is 0.283 e. The maximum absolute atomic E-state index is 12.3. The van der Waals surface area contributed by atoms with Crippen LogP contribution in [0.25, 0.3) is 16.7 Å². The van der Waals surface area contributed by atoms with Gasteiger partial charge in [0.2, 0.25) is 0 Å². The highest BCUT2D eigenvalue weighted by Gasteiger charge is 2.11. The molecule has 0 aliphatic rings. The van der Waals surface area contributed by atoms with Gasteiger partial charge >= 0.3 is 0 Å². The van der Waals surface area contributed by atoms with Gasteiger partial charge in [0.15, 0.2) is 0 Å². The molecule has 0 N–H and O–H groups in total. The Morgan fingerprint density at radius 1 is 1.26 bits per heavy atom. The molecule has 98 valence electrons. The van der Waals surface area contributed by atoms with Crippen LogP contribution < -0.4 is 5.56 Å². The van der Waals surface area contributed by atoms with Crippen molar-refractivity contribution in [2.45, 2.75) is 26.8 Å². The monoisotopic (exact) mass is 256 g/mol. The molecule has 0 fully saturated rings. The van der Waals surface area contributed by atoms with E-state index in [1.807, 2.05) is 6.07 Å². The highest BCUT2D eigenvalue weighted by molar-refractivity contribution is 5.76. The summed E-state index contributed by atoms with van der Waals surface area (Å²) in [5.41, 5.74) is 1.43. The third-order valence-electron chi connectivity index (χ3n) is 3.29. The highest BCUT2D eigenvalue weighted by Crippen LogP contribution is 2.13. The summed E-state index contributed by atoms with van der Waals surface area (Å²) >= 11 is 0. The van der Waals surface area contributed by atoms with E-state index in [1.165, 1.54) is 4.52 Å². The van der Waals surface area contributed by atoms with E-state index in [-0.39, 0.29) is 5.56 Å². The van der Waals surface area contributed by atoms with Gasteiger partial charge in [0.1, 0.15) is 11.3 Å². The summed E-state index contributed by atoms with van der Waals surface area (Å²) in [6, 6.07) is 5.44. The largest absolute Gasteiger partial charge is 0.310 e. The van der Waals surface area contributed by atoms with E-state index in [9.17, 15) is 4.79 Å². The predicted octanol–water partition coefficient (Wildman–Crippen LogP) is 2.09. The molecule has 5 nitrogen and oxygen atoms in total. The van der Waals surface area contributed by atoms with Gasteiger partial charge in [-0.15, -0.1) is 0 Å². The molecule has 0 aliphatic carbocycles. The second kappa shape index (κ2) is 4.50. The van der Waals surface area contributed by atoms with Gasteiger partial charge < -0.3 is 4.57 Å². The molecule has 0 radical (unpaired) electrons. The number of aromatic nitrogens is 4. The van der Waals surface area contributed by atoms with Crippen molar-refractivity contribution in [3.05, 3.63) is 40.9 Å². The molecule has 0 saturated heterocycles. The average molecular weight is 256 g/mol. The van der Waals surface area contributed by atoms with E-state index in [2.05, 4.69) is 28.5 Å². The topological polar surface area (TPSA) is 52.2 Å². The Morgan fingerprint density at radius 2 is 2.11 bits per heavy atom. The van der Waals surface area contributed by atoms with Crippen LogP contribution in [0.3, 0.4) is 0 Å². The molecule has 0 spiro atoms. The van der Waals surface area contributed by atoms with Crippen LogP contribution >= 0.6 is 0 Å². The first kappa shape index (κ1) is 11.9. The molecule has 5 heteroatoms. The zero-order valence-corrected chi connectivity index (χ0v) is 11.1. The normalized spacial score (nSPS) is 11.7. The molecule has 0 saturated carbocycles. The number of fused-ring (bicyclic) bond motifs is 2. The zero-order valence-electron chi connectivity index (χ0n) is 11.1. The molecular formula is C14H16N4O. The van der Waals surface area contributed by atoms with E-state index in [1.54, 1.807) is 24.5 Å². The minimum Gasteiger partial charge on any atom is -0.310 e. The van der Waals surface area contributed by atoms with Gasteiger partial charge in [0.05, 0.1) is 11.6 Å². The Morgan fingerprint density at radius 3 is 2.89 bits per heavy atom. The summed E-state index contributed by atoms with van der Waals surface area (Å²) < 4.78 is 3.52. The Hall–Kier alpha value is -2.17. The molecule has 0 aromatic carbocycles. The molecule has 0 amide bonds. The summed E-state index contributed by atoms with van der Waals surface area (Å²) in [4.78, 5) is 16.7. The molecule has 3 aromatic rings. The highest BCUT2D eigenvalue weighted by atomic mass is 16.1. The van der Waals surface area contributed by atoms with Crippen LogP contribution in [0.15, 0.2) is 35.4 Å². The van der Waals surface area contributed by atoms with Gasteiger partial charge in [0, 0.05) is 18.8 Å². The first-order valence-electron chi connectivity index (χ1n) is 6.50. The molecule has 0 aliphatic heterocycles. The van der Waals surface area contributed by atoms with Crippen molar-refractivity contribution in [2.75, 3.05) is 0 Å². The van der Waals surface area contributed by atoms with E-state index in [4.69, 9.17) is 0 Å². The number of hydrogen-bond acceptors (Lipinski definition) is 3. The van der Waals surface area contributed by atoms with Crippen LogP contribution in [0.2, 0.25) is 0 Å². The van der Waals surface area contributed by atoms with Crippen molar-refractivity contribution in [1.29, 1.82) is 0 Å². The lowest BCUT2D eigenvalue weighted by molar-refractivity contribution is 0.524. The summed E-state index contributed by atoms with van der Waals surface area (Å²) in [5, 5.41) is 4.73. The fourth-order valence-corrected chi connectivity index (χ4v) is 2.27. The maximum atomic E-state index is 12.3. The Balaban J connectivity index is 2.33. The van der Waals surface area contributed by atoms with Crippen molar-refractivity contribution in [3.63, 3.8) is 0 Å². The van der Waals surface area contributed by atoms with Crippen LogP contribution in [-0.2, 0) is 6.54 Å². The predicted molar refractivity (Wildman–Crippen MR) is 74.2 cm³/mol. The Kier molecular flexibility index (Phi) is 2.81. The summed E-state index contributed by atoms with van der Waals surface area (Å²) in [6.45, 7) is 5.21. The lowest BCUT2D eigenvalue weighted by atomic mass is 10.1. The molecule has 3 heterocycles. The molecule has 0 unspecified atom stereocenters. The standard InChI is InChI=1S/C14H16N4O/c1-10(2)6-9-17-12-5-8-16-18(12)14(19)11-4-3-7-15-13(11)17/h3-5,7-8,10H,6,9H2,1-2H3. The van der Waals surface area contributed by atoms with Crippen molar-refractivity contribution < 1.29 is 0 Å². The molecule has 3 aromatic heterocycles. The fraction of sp³-hybridized carbons (Fsp3) is 0.357. The van der Waals surface area contributed by atoms with Gasteiger partial charge in [-0.25, -0.2) is 4.98 Å². The van der Waals surface area contributed by atoms with Crippen LogP contribution in [0.5, 0.6) is 0 Å². The van der Waals surface area contributed by atoms with Crippen molar-refractivity contribution in [2.24, 2.45) is 5.92 Å². The fourth-order valence-electron chi connectivity index (χ4n) is 2.27. The van der Waals surface area contributed by atoms with Crippen molar-refractivity contribution in [3.8, 4) is 0 Å². The number of rotatable bonds is 3. The van der Waals surface area contributed by atoms with Gasteiger partial charge in [-0.3, -0.25) is 4.79 Å². The Labute approximate surface area is 110 Å². The first-order valence-corrected chi connectivity index (χ1v) is 6.50. The lowest BCUT2D eigenvalue weighted by Gasteiger charge is -2.13. The van der Waals surface area contributed by atoms with E-state index >= 15 is 0 Å². The molecule has 0 atom stereocenters. The van der Waals surface area contributed by atoms with Crippen LogP contribution in [-0.4, -0.2) is 19.2 Å². The van der Waals surface area contributed by atoms with Crippen LogP contribution in [0, 0.1) is 5.92 Å². The quantitative estimate of drug-likeness (QED) is 0.721. The lowest BCUT2D eigenvalue weighted by Crippen LogP contribution is -2.20. The van der Waals surface area contributed by atoms with E-state index in [0.29, 0.717) is 11.3 Å². The third kappa shape index (κ3) is 1.91. The first-order chi connectivity index (χ1) is 9.18. The van der Waals surface area contributed by atoms with E-state index in [0.717, 1.165) is 24.3 Å². The van der Waals surface area contributed by atoms with E-state index < -0.39 is 0 Å². The van der Waals surface area contributed by atoms with Crippen molar-refractivity contribution in [1.82, 2.24) is 19.2 Å². The summed E-state index contributed by atoms with van der Waals surface area (Å²) in [7, 11) is 0. The number of aryl methyl sites for hydroxylation is 1. The zero-order chi connectivity index (χ0) is 13.4. The maximum Gasteiger partial charge on any atom is 0.283 e. The minimum atomic E-state index is -0.108. The van der Waals surface area contributed by atoms with Gasteiger partial charge in [0.25, 0.3) is 5.56 Å². The minimum absolute atomic E-state index is 0.108. The second-order valence-corrected chi connectivity index (χ2v) is 5.12. The Bertz CT molecular complexity index is 785. The molecule has 19 heavy (non-hydrogen) atoms. The van der Waals surface area contributed by atoms with Gasteiger partial charge in [-0.2, -0.15) is 9.61 Å². The summed E-state index contributed by atoms with van der Waals surface area (Å²) in [5.74, 6) is 0.598. The molecule has 0 bridgehead atoms. The summed E-state index contributed by atoms with van der Waals surface area (Å²) in [6.07, 6.45) is 4.41. The number of hydrogen-bond donors (Lipinski definition) is 0. The molecule has 3 rings (SSSR count). The van der Waals surface area contributed by atoms with Gasteiger partial charge in [-0.1, -0.05) is 13.8 Å². The number of nitrogens with zero attached hydrogens (tertiary/aromatic N) is 4. The second-order valence-electron chi connectivity index (χ2n) is 5.12. The van der Waals surface area contributed by atoms with Gasteiger partial charge in [-0.05, 0) is 24.5 Å². The number of pyridine rings is 1. The van der Waals surface area contributed by atoms with Crippen LogP contribution in [0.4, 0.5) is 0 Å². The molecular weight excluding hydrogens is 240 g/mol. The van der Waals surface area contributed by atoms with Crippen molar-refractivity contribution >= 4 is 16.7 Å². The third-order valence-corrected chi connectivity index (χ3v) is 3.29. The van der Waals surface area contributed by atoms with Crippen LogP contribution in [0.1, 0.15) is 20.3 Å². The SMILES string of the molecule is CC(C)CCn1c2ncccc2c(=O)n2nccc12.